The van der Waals surface area contributed by atoms with Crippen LogP contribution in [0.15, 0.2) is 42.5 Å². The molecule has 1 aliphatic rings. The Morgan fingerprint density at radius 3 is 2.86 bits per heavy atom. The monoisotopic (exact) mass is 279 g/mol. The Balaban J connectivity index is 2.07. The first-order chi connectivity index (χ1) is 10.2. The van der Waals surface area contributed by atoms with Gasteiger partial charge in [0.15, 0.2) is 6.04 Å². The van der Waals surface area contributed by atoms with Crippen LogP contribution in [0.5, 0.6) is 0 Å². The number of hydrogen-bond donors (Lipinski definition) is 1. The molecule has 1 N–H and O–H groups in total. The number of carboxylic acid groups (broad SMARTS) is 1. The van der Waals surface area contributed by atoms with E-state index in [0.717, 1.165) is 17.5 Å². The Labute approximate surface area is 122 Å². The number of carbonyl (C=O) groups is 1. The molecule has 0 aliphatic carbocycles. The Bertz CT molecular complexity index is 736. The lowest BCUT2D eigenvalue weighted by Crippen LogP contribution is -2.40. The fourth-order valence-electron chi connectivity index (χ4n) is 2.73. The Hall–Kier alpha value is -2.87. The predicted molar refractivity (Wildman–Crippen MR) is 76.8 cm³/mol. The molecule has 1 aromatic carbocycles. The normalized spacial score (nSPS) is 16.9. The highest BCUT2D eigenvalue weighted by Crippen LogP contribution is 2.33. The third-order valence-electron chi connectivity index (χ3n) is 3.66. The number of nitriles is 1. The second-order valence-corrected chi connectivity index (χ2v) is 4.88. The molecule has 1 atom stereocenters. The van der Waals surface area contributed by atoms with Crippen LogP contribution >= 0.6 is 0 Å². The van der Waals surface area contributed by atoms with Gasteiger partial charge in [-0.15, -0.1) is 0 Å². The van der Waals surface area contributed by atoms with Gasteiger partial charge >= 0.3 is 5.97 Å². The van der Waals surface area contributed by atoms with E-state index in [1.807, 2.05) is 30.3 Å². The number of anilines is 1. The predicted octanol–water partition coefficient (Wildman–Crippen LogP) is 2.14. The lowest BCUT2D eigenvalue weighted by atomic mass is 9.92. The summed E-state index contributed by atoms with van der Waals surface area (Å²) in [6, 6.07) is 13.9. The molecule has 104 valence electrons. The molecule has 0 saturated heterocycles. The van der Waals surface area contributed by atoms with E-state index in [-0.39, 0.29) is 5.69 Å². The van der Waals surface area contributed by atoms with Crippen LogP contribution in [0.3, 0.4) is 0 Å². The number of carboxylic acids is 1. The van der Waals surface area contributed by atoms with E-state index in [1.165, 1.54) is 0 Å². The molecule has 0 bridgehead atoms. The van der Waals surface area contributed by atoms with Crippen molar-refractivity contribution in [1.29, 1.82) is 5.26 Å². The molecule has 1 unspecified atom stereocenters. The summed E-state index contributed by atoms with van der Waals surface area (Å²) in [5.41, 5.74) is 2.13. The van der Waals surface area contributed by atoms with Gasteiger partial charge in [0.25, 0.3) is 0 Å². The van der Waals surface area contributed by atoms with Crippen molar-refractivity contribution in [3.05, 3.63) is 59.3 Å². The van der Waals surface area contributed by atoms with Crippen molar-refractivity contribution < 1.29 is 9.90 Å². The van der Waals surface area contributed by atoms with Gasteiger partial charge in [-0.3, -0.25) is 0 Å². The molecular formula is C16H13N3O2. The van der Waals surface area contributed by atoms with Crippen LogP contribution in [0.4, 0.5) is 5.82 Å². The fraction of sp³-hybridized carbons (Fsp3) is 0.188. The van der Waals surface area contributed by atoms with Gasteiger partial charge in [0.1, 0.15) is 17.6 Å². The lowest BCUT2D eigenvalue weighted by molar-refractivity contribution is -0.138. The van der Waals surface area contributed by atoms with Crippen LogP contribution in [0, 0.1) is 11.3 Å². The first-order valence-corrected chi connectivity index (χ1v) is 6.65. The molecule has 0 fully saturated rings. The molecule has 21 heavy (non-hydrogen) atoms. The summed E-state index contributed by atoms with van der Waals surface area (Å²) in [7, 11) is 0. The maximum Gasteiger partial charge on any atom is 0.331 e. The number of hydrogen-bond acceptors (Lipinski definition) is 4. The van der Waals surface area contributed by atoms with Crippen molar-refractivity contribution in [2.75, 3.05) is 11.4 Å². The van der Waals surface area contributed by atoms with Crippen LogP contribution in [0.25, 0.3) is 0 Å². The number of nitrogens with zero attached hydrogens (tertiary/aromatic N) is 3. The SMILES string of the molecule is N#Cc1cccc(N2CCc3ccccc3C2C(=O)O)n1. The topological polar surface area (TPSA) is 77.2 Å². The highest BCUT2D eigenvalue weighted by molar-refractivity contribution is 5.81. The van der Waals surface area contributed by atoms with Crippen LogP contribution in [0.1, 0.15) is 22.9 Å². The highest BCUT2D eigenvalue weighted by Gasteiger charge is 2.33. The van der Waals surface area contributed by atoms with Crippen molar-refractivity contribution in [2.45, 2.75) is 12.5 Å². The van der Waals surface area contributed by atoms with Crippen LogP contribution in [-0.4, -0.2) is 22.6 Å². The third-order valence-corrected chi connectivity index (χ3v) is 3.66. The minimum absolute atomic E-state index is 0.287. The minimum Gasteiger partial charge on any atom is -0.479 e. The van der Waals surface area contributed by atoms with Crippen molar-refractivity contribution in [2.24, 2.45) is 0 Å². The molecule has 2 heterocycles. The van der Waals surface area contributed by atoms with Gasteiger partial charge in [0.05, 0.1) is 0 Å². The maximum absolute atomic E-state index is 11.7. The van der Waals surface area contributed by atoms with E-state index in [0.29, 0.717) is 12.4 Å². The van der Waals surface area contributed by atoms with Gasteiger partial charge in [-0.1, -0.05) is 30.3 Å². The molecule has 0 amide bonds. The van der Waals surface area contributed by atoms with Crippen molar-refractivity contribution in [3.63, 3.8) is 0 Å². The molecule has 3 rings (SSSR count). The molecule has 1 aliphatic heterocycles. The van der Waals surface area contributed by atoms with Crippen molar-refractivity contribution in [1.82, 2.24) is 4.98 Å². The number of fused-ring (bicyclic) bond motifs is 1. The van der Waals surface area contributed by atoms with E-state index < -0.39 is 12.0 Å². The summed E-state index contributed by atoms with van der Waals surface area (Å²) in [6.07, 6.45) is 0.762. The average Bonchev–Trinajstić information content (AvgIpc) is 2.53. The highest BCUT2D eigenvalue weighted by atomic mass is 16.4. The van der Waals surface area contributed by atoms with Gasteiger partial charge in [-0.25, -0.2) is 9.78 Å². The van der Waals surface area contributed by atoms with Crippen LogP contribution in [0.2, 0.25) is 0 Å². The van der Waals surface area contributed by atoms with Crippen LogP contribution < -0.4 is 4.90 Å². The summed E-state index contributed by atoms with van der Waals surface area (Å²) < 4.78 is 0. The van der Waals surface area contributed by atoms with E-state index >= 15 is 0 Å². The molecule has 0 saturated carbocycles. The summed E-state index contributed by atoms with van der Waals surface area (Å²) >= 11 is 0. The Kier molecular flexibility index (Phi) is 3.28. The largest absolute Gasteiger partial charge is 0.479 e. The van der Waals surface area contributed by atoms with Gasteiger partial charge in [0.2, 0.25) is 0 Å². The number of rotatable bonds is 2. The number of aromatic nitrogens is 1. The lowest BCUT2D eigenvalue weighted by Gasteiger charge is -2.35. The molecule has 0 radical (unpaired) electrons. The molecular weight excluding hydrogens is 266 g/mol. The molecule has 5 nitrogen and oxygen atoms in total. The van der Waals surface area contributed by atoms with E-state index in [2.05, 4.69) is 4.98 Å². The first-order valence-electron chi connectivity index (χ1n) is 6.65. The molecule has 2 aromatic rings. The second-order valence-electron chi connectivity index (χ2n) is 4.88. The van der Waals surface area contributed by atoms with E-state index in [4.69, 9.17) is 5.26 Å². The van der Waals surface area contributed by atoms with Crippen molar-refractivity contribution >= 4 is 11.8 Å². The quantitative estimate of drug-likeness (QED) is 0.911. The van der Waals surface area contributed by atoms with Crippen LogP contribution in [-0.2, 0) is 11.2 Å². The van der Waals surface area contributed by atoms with Gasteiger partial charge < -0.3 is 10.0 Å². The fourth-order valence-corrected chi connectivity index (χ4v) is 2.73. The van der Waals surface area contributed by atoms with Gasteiger partial charge in [0, 0.05) is 6.54 Å². The van der Waals surface area contributed by atoms with E-state index in [1.54, 1.807) is 23.1 Å². The van der Waals surface area contributed by atoms with E-state index in [9.17, 15) is 9.90 Å². The summed E-state index contributed by atoms with van der Waals surface area (Å²) in [5.74, 6) is -0.387. The summed E-state index contributed by atoms with van der Waals surface area (Å²) in [5, 5.41) is 18.6. The van der Waals surface area contributed by atoms with Gasteiger partial charge in [-0.2, -0.15) is 5.26 Å². The summed E-state index contributed by atoms with van der Waals surface area (Å²) in [6.45, 7) is 0.565. The smallest absolute Gasteiger partial charge is 0.331 e. The third kappa shape index (κ3) is 2.32. The zero-order valence-corrected chi connectivity index (χ0v) is 11.2. The average molecular weight is 279 g/mol. The standard InChI is InChI=1S/C16H13N3O2/c17-10-12-5-3-7-14(18-12)19-9-8-11-4-1-2-6-13(11)15(19)16(20)21/h1-7,15H,8-9H2,(H,20,21). The summed E-state index contributed by atoms with van der Waals surface area (Å²) in [4.78, 5) is 17.7. The first kappa shape index (κ1) is 13.1. The number of aliphatic carboxylic acids is 1. The molecule has 5 heteroatoms. The zero-order chi connectivity index (χ0) is 14.8. The zero-order valence-electron chi connectivity index (χ0n) is 11.2. The molecule has 1 aromatic heterocycles. The second kappa shape index (κ2) is 5.25. The van der Waals surface area contributed by atoms with Crippen molar-refractivity contribution in [3.8, 4) is 6.07 Å². The maximum atomic E-state index is 11.7. The number of pyridine rings is 1. The van der Waals surface area contributed by atoms with Gasteiger partial charge in [-0.05, 0) is 29.7 Å². The molecule has 0 spiro atoms. The minimum atomic E-state index is -0.911. The number of benzene rings is 1. The Morgan fingerprint density at radius 2 is 2.10 bits per heavy atom. The Morgan fingerprint density at radius 1 is 1.29 bits per heavy atom.